The number of likely N-dealkylation sites (N-methyl/N-ethyl adjacent to an activating group) is 1. The summed E-state index contributed by atoms with van der Waals surface area (Å²) in [5.41, 5.74) is 1.32. The molecule has 1 amide bonds. The zero-order valence-electron chi connectivity index (χ0n) is 16.7. The van der Waals surface area contributed by atoms with Gasteiger partial charge in [-0.3, -0.25) is 4.79 Å². The lowest BCUT2D eigenvalue weighted by atomic mass is 10.0. The number of nitrogens with zero attached hydrogens (tertiary/aromatic N) is 1. The molecule has 2 rings (SSSR count). The highest BCUT2D eigenvalue weighted by atomic mass is 32.2. The Morgan fingerprint density at radius 2 is 1.83 bits per heavy atom. The van der Waals surface area contributed by atoms with E-state index in [4.69, 9.17) is 11.2 Å². The van der Waals surface area contributed by atoms with E-state index in [1.807, 2.05) is 43.3 Å². The SMILES string of the molecule is C#CCNS(=O)(=O)c1ccc(C(=O)NCC(c2ccccc2OC)N(C)C)cc1. The standard InChI is InChI=1S/C21H25N3O4S/c1-5-14-23-29(26,27)17-12-10-16(11-13-17)21(25)22-15-19(24(2)3)18-8-6-7-9-20(18)28-4/h1,6-13,19,23H,14-15H2,2-4H3,(H,22,25). The van der Waals surface area contributed by atoms with Gasteiger partial charge in [0, 0.05) is 17.7 Å². The Labute approximate surface area is 172 Å². The second-order valence-corrected chi connectivity index (χ2v) is 8.25. The fourth-order valence-electron chi connectivity index (χ4n) is 2.81. The molecule has 29 heavy (non-hydrogen) atoms. The van der Waals surface area contributed by atoms with Gasteiger partial charge in [0.2, 0.25) is 10.0 Å². The molecule has 0 spiro atoms. The lowest BCUT2D eigenvalue weighted by Crippen LogP contribution is -2.34. The van der Waals surface area contributed by atoms with Crippen LogP contribution in [0.25, 0.3) is 0 Å². The van der Waals surface area contributed by atoms with E-state index in [-0.39, 0.29) is 23.4 Å². The molecule has 2 aromatic carbocycles. The maximum Gasteiger partial charge on any atom is 0.251 e. The van der Waals surface area contributed by atoms with E-state index in [1.54, 1.807) is 7.11 Å². The zero-order valence-corrected chi connectivity index (χ0v) is 17.5. The van der Waals surface area contributed by atoms with Crippen LogP contribution in [0.5, 0.6) is 5.75 Å². The summed E-state index contributed by atoms with van der Waals surface area (Å²) in [5.74, 6) is 2.66. The highest BCUT2D eigenvalue weighted by Gasteiger charge is 2.20. The van der Waals surface area contributed by atoms with Gasteiger partial charge in [-0.15, -0.1) is 6.42 Å². The molecule has 2 N–H and O–H groups in total. The molecular weight excluding hydrogens is 390 g/mol. The second kappa shape index (κ2) is 10.1. The predicted octanol–water partition coefficient (Wildman–Crippen LogP) is 1.64. The number of hydrogen-bond acceptors (Lipinski definition) is 5. The molecule has 1 atom stereocenters. The van der Waals surface area contributed by atoms with Crippen molar-refractivity contribution in [1.29, 1.82) is 0 Å². The first-order valence-electron chi connectivity index (χ1n) is 8.91. The van der Waals surface area contributed by atoms with Gasteiger partial charge in [0.25, 0.3) is 5.91 Å². The van der Waals surface area contributed by atoms with Gasteiger partial charge in [-0.2, -0.15) is 4.72 Å². The van der Waals surface area contributed by atoms with Crippen LogP contribution in [0.4, 0.5) is 0 Å². The monoisotopic (exact) mass is 415 g/mol. The fraction of sp³-hybridized carbons (Fsp3) is 0.286. The average molecular weight is 416 g/mol. The second-order valence-electron chi connectivity index (χ2n) is 6.48. The zero-order chi connectivity index (χ0) is 21.4. The summed E-state index contributed by atoms with van der Waals surface area (Å²) in [6, 6.07) is 13.2. The molecule has 0 aliphatic carbocycles. The van der Waals surface area contributed by atoms with E-state index in [1.165, 1.54) is 24.3 Å². The van der Waals surface area contributed by atoms with Crippen molar-refractivity contribution in [3.8, 4) is 18.1 Å². The lowest BCUT2D eigenvalue weighted by Gasteiger charge is -2.26. The van der Waals surface area contributed by atoms with Gasteiger partial charge in [-0.1, -0.05) is 24.1 Å². The number of ether oxygens (including phenoxy) is 1. The highest BCUT2D eigenvalue weighted by molar-refractivity contribution is 7.89. The molecule has 2 aromatic rings. The third-order valence-electron chi connectivity index (χ3n) is 4.37. The van der Waals surface area contributed by atoms with Crippen LogP contribution in [-0.4, -0.2) is 53.5 Å². The Morgan fingerprint density at radius 3 is 2.41 bits per heavy atom. The van der Waals surface area contributed by atoms with Gasteiger partial charge < -0.3 is 15.0 Å². The van der Waals surface area contributed by atoms with Crippen molar-refractivity contribution in [2.24, 2.45) is 0 Å². The van der Waals surface area contributed by atoms with Crippen molar-refractivity contribution in [2.75, 3.05) is 34.3 Å². The number of rotatable bonds is 9. The minimum Gasteiger partial charge on any atom is -0.496 e. The largest absolute Gasteiger partial charge is 0.496 e. The predicted molar refractivity (Wildman–Crippen MR) is 112 cm³/mol. The quantitative estimate of drug-likeness (QED) is 0.608. The van der Waals surface area contributed by atoms with E-state index in [9.17, 15) is 13.2 Å². The normalized spacial score (nSPS) is 12.2. The first kappa shape index (κ1) is 22.4. The molecule has 0 saturated heterocycles. The Bertz CT molecular complexity index is 980. The maximum absolute atomic E-state index is 12.5. The van der Waals surface area contributed by atoms with Gasteiger partial charge in [-0.25, -0.2) is 8.42 Å². The van der Waals surface area contributed by atoms with Crippen molar-refractivity contribution >= 4 is 15.9 Å². The molecule has 0 fully saturated rings. The number of para-hydroxylation sites is 1. The minimum atomic E-state index is -3.69. The smallest absolute Gasteiger partial charge is 0.251 e. The Kier molecular flexibility index (Phi) is 7.79. The third kappa shape index (κ3) is 5.81. The van der Waals surface area contributed by atoms with Crippen LogP contribution in [-0.2, 0) is 10.0 Å². The number of sulfonamides is 1. The molecule has 0 aromatic heterocycles. The van der Waals surface area contributed by atoms with Crippen molar-refractivity contribution < 1.29 is 17.9 Å². The van der Waals surface area contributed by atoms with E-state index < -0.39 is 10.0 Å². The molecule has 8 heteroatoms. The van der Waals surface area contributed by atoms with Crippen LogP contribution in [0.15, 0.2) is 53.4 Å². The van der Waals surface area contributed by atoms with Crippen molar-refractivity contribution in [3.63, 3.8) is 0 Å². The van der Waals surface area contributed by atoms with Crippen LogP contribution in [0.3, 0.4) is 0 Å². The third-order valence-corrected chi connectivity index (χ3v) is 5.79. The van der Waals surface area contributed by atoms with Gasteiger partial charge in [-0.05, 0) is 44.4 Å². The molecule has 0 aliphatic rings. The molecule has 0 saturated carbocycles. The molecule has 0 aliphatic heterocycles. The summed E-state index contributed by atoms with van der Waals surface area (Å²) in [6.45, 7) is 0.259. The molecule has 0 heterocycles. The number of nitrogens with one attached hydrogen (secondary N) is 2. The number of carbonyl (C=O) groups excluding carboxylic acids is 1. The van der Waals surface area contributed by atoms with Crippen LogP contribution < -0.4 is 14.8 Å². The van der Waals surface area contributed by atoms with Crippen LogP contribution in [0.1, 0.15) is 22.0 Å². The van der Waals surface area contributed by atoms with Crippen molar-refractivity contribution in [2.45, 2.75) is 10.9 Å². The maximum atomic E-state index is 12.5. The van der Waals surface area contributed by atoms with Crippen molar-refractivity contribution in [1.82, 2.24) is 14.9 Å². The van der Waals surface area contributed by atoms with Gasteiger partial charge in [0.05, 0.1) is 24.6 Å². The first-order valence-corrected chi connectivity index (χ1v) is 10.4. The number of amides is 1. The minimum absolute atomic E-state index is 0.0458. The van der Waals surface area contributed by atoms with Gasteiger partial charge in [0.15, 0.2) is 0 Å². The summed E-state index contributed by atoms with van der Waals surface area (Å²) in [5, 5.41) is 2.89. The average Bonchev–Trinajstić information content (AvgIpc) is 2.72. The van der Waals surface area contributed by atoms with E-state index in [0.29, 0.717) is 12.1 Å². The first-order chi connectivity index (χ1) is 13.8. The van der Waals surface area contributed by atoms with E-state index in [0.717, 1.165) is 11.3 Å². The molecule has 1 unspecified atom stereocenters. The van der Waals surface area contributed by atoms with E-state index >= 15 is 0 Å². The Hall–Kier alpha value is -2.86. The fourth-order valence-corrected chi connectivity index (χ4v) is 3.74. The molecule has 7 nitrogen and oxygen atoms in total. The van der Waals surface area contributed by atoms with Crippen LogP contribution in [0.2, 0.25) is 0 Å². The summed E-state index contributed by atoms with van der Waals surface area (Å²) >= 11 is 0. The molecule has 154 valence electrons. The lowest BCUT2D eigenvalue weighted by molar-refractivity contribution is 0.0941. The topological polar surface area (TPSA) is 87.7 Å². The number of benzene rings is 2. The van der Waals surface area contributed by atoms with E-state index in [2.05, 4.69) is 16.0 Å². The molecular formula is C21H25N3O4S. The van der Waals surface area contributed by atoms with Crippen LogP contribution >= 0.6 is 0 Å². The van der Waals surface area contributed by atoms with Gasteiger partial charge in [0.1, 0.15) is 5.75 Å². The number of carbonyl (C=O) groups is 1. The van der Waals surface area contributed by atoms with Crippen molar-refractivity contribution in [3.05, 3.63) is 59.7 Å². The summed E-state index contributed by atoms with van der Waals surface area (Å²) in [6.07, 6.45) is 5.08. The number of hydrogen-bond donors (Lipinski definition) is 2. The van der Waals surface area contributed by atoms with Gasteiger partial charge >= 0.3 is 0 Å². The Morgan fingerprint density at radius 1 is 1.17 bits per heavy atom. The summed E-state index contributed by atoms with van der Waals surface area (Å²) < 4.78 is 31.8. The van der Waals surface area contributed by atoms with Crippen LogP contribution in [0, 0.1) is 12.3 Å². The molecule has 0 bridgehead atoms. The number of methoxy groups -OCH3 is 1. The molecule has 0 radical (unpaired) electrons. The highest BCUT2D eigenvalue weighted by Crippen LogP contribution is 2.27. The summed E-state index contributed by atoms with van der Waals surface area (Å²) in [7, 11) is 1.76. The summed E-state index contributed by atoms with van der Waals surface area (Å²) in [4.78, 5) is 14.6. The Balaban J connectivity index is 2.10. The number of terminal acetylenes is 1.